The Labute approximate surface area is 185 Å². The number of anilines is 1. The van der Waals surface area contributed by atoms with Crippen LogP contribution in [0.15, 0.2) is 60.7 Å². The van der Waals surface area contributed by atoms with E-state index in [1.807, 2.05) is 36.4 Å². The van der Waals surface area contributed by atoms with E-state index in [2.05, 4.69) is 10.6 Å². The molecule has 6 atom stereocenters. The molecule has 1 aliphatic rings. The first-order chi connectivity index (χ1) is 14.4. The van der Waals surface area contributed by atoms with Crippen molar-refractivity contribution in [3.8, 4) is 0 Å². The van der Waals surface area contributed by atoms with Gasteiger partial charge in [-0.2, -0.15) is 0 Å². The fraction of sp³-hybridized carbons (Fsp3) is 0.364. The minimum absolute atomic E-state index is 0.0529. The number of para-hydroxylation sites is 1. The van der Waals surface area contributed by atoms with Gasteiger partial charge in [0.2, 0.25) is 11.8 Å². The highest BCUT2D eigenvalue weighted by molar-refractivity contribution is 6.25. The average Bonchev–Trinajstić information content (AvgIpc) is 2.75. The number of alkyl halides is 2. The van der Waals surface area contributed by atoms with Crippen LogP contribution < -0.4 is 10.6 Å². The first kappa shape index (κ1) is 22.6. The fourth-order valence-corrected chi connectivity index (χ4v) is 4.27. The van der Waals surface area contributed by atoms with Gasteiger partial charge >= 0.3 is 0 Å². The summed E-state index contributed by atoms with van der Waals surface area (Å²) < 4.78 is 0. The number of benzene rings is 2. The van der Waals surface area contributed by atoms with Gasteiger partial charge in [-0.15, -0.1) is 23.2 Å². The van der Waals surface area contributed by atoms with E-state index < -0.39 is 40.8 Å². The van der Waals surface area contributed by atoms with Gasteiger partial charge in [0, 0.05) is 12.1 Å². The van der Waals surface area contributed by atoms with Crippen LogP contribution in [-0.2, 0) is 16.0 Å². The van der Waals surface area contributed by atoms with E-state index in [4.69, 9.17) is 23.2 Å². The van der Waals surface area contributed by atoms with E-state index in [-0.39, 0.29) is 18.7 Å². The quantitative estimate of drug-likeness (QED) is 0.507. The van der Waals surface area contributed by atoms with Gasteiger partial charge in [0.05, 0.1) is 28.9 Å². The van der Waals surface area contributed by atoms with Crippen LogP contribution in [0.4, 0.5) is 5.69 Å². The minimum atomic E-state index is -1.27. The highest BCUT2D eigenvalue weighted by Crippen LogP contribution is 2.32. The van der Waals surface area contributed by atoms with Crippen LogP contribution in [0.5, 0.6) is 0 Å². The molecule has 6 nitrogen and oxygen atoms in total. The van der Waals surface area contributed by atoms with Crippen LogP contribution in [0.2, 0.25) is 0 Å². The number of aliphatic hydroxyl groups excluding tert-OH is 2. The van der Waals surface area contributed by atoms with Crippen LogP contribution >= 0.6 is 23.2 Å². The number of aliphatic hydroxyl groups is 2. The molecule has 0 heterocycles. The van der Waals surface area contributed by atoms with Crippen molar-refractivity contribution in [1.29, 1.82) is 0 Å². The lowest BCUT2D eigenvalue weighted by molar-refractivity contribution is -0.134. The Morgan fingerprint density at radius 1 is 0.967 bits per heavy atom. The van der Waals surface area contributed by atoms with E-state index in [1.54, 1.807) is 24.3 Å². The predicted octanol–water partition coefficient (Wildman–Crippen LogP) is 2.31. The number of nitrogens with one attached hydrogen (secondary N) is 2. The van der Waals surface area contributed by atoms with Crippen molar-refractivity contribution in [2.75, 3.05) is 5.32 Å². The lowest BCUT2D eigenvalue weighted by atomic mass is 9.83. The second-order valence-corrected chi connectivity index (χ2v) is 8.45. The molecule has 3 rings (SSSR count). The highest BCUT2D eigenvalue weighted by atomic mass is 35.5. The summed E-state index contributed by atoms with van der Waals surface area (Å²) in [4.78, 5) is 25.8. The molecule has 0 spiro atoms. The fourth-order valence-electron chi connectivity index (χ4n) is 3.50. The molecule has 2 amide bonds. The summed E-state index contributed by atoms with van der Waals surface area (Å²) in [5, 5.41) is 24.0. The molecule has 0 aromatic heterocycles. The maximum atomic E-state index is 12.9. The number of hydrogen-bond acceptors (Lipinski definition) is 4. The SMILES string of the molecule is O=C(N[C@H](Cc1ccccc1)C(=O)Nc1ccccc1)C1CC(Cl)C(O)C(Cl)C1O. The van der Waals surface area contributed by atoms with Gasteiger partial charge in [0.25, 0.3) is 0 Å². The molecule has 1 aliphatic carbocycles. The Kier molecular flexibility index (Phi) is 7.72. The maximum Gasteiger partial charge on any atom is 0.247 e. The van der Waals surface area contributed by atoms with E-state index in [9.17, 15) is 19.8 Å². The smallest absolute Gasteiger partial charge is 0.247 e. The zero-order valence-electron chi connectivity index (χ0n) is 16.1. The Morgan fingerprint density at radius 2 is 1.57 bits per heavy atom. The Bertz CT molecular complexity index is 853. The van der Waals surface area contributed by atoms with Crippen LogP contribution in [0, 0.1) is 5.92 Å². The monoisotopic (exact) mass is 450 g/mol. The van der Waals surface area contributed by atoms with Crippen molar-refractivity contribution < 1.29 is 19.8 Å². The molecule has 0 aliphatic heterocycles. The minimum Gasteiger partial charge on any atom is -0.391 e. The van der Waals surface area contributed by atoms with Gasteiger partial charge in [0.1, 0.15) is 6.04 Å². The molecule has 2 aromatic rings. The van der Waals surface area contributed by atoms with Gasteiger partial charge in [0.15, 0.2) is 0 Å². The topological polar surface area (TPSA) is 98.7 Å². The number of carbonyl (C=O) groups excluding carboxylic acids is 2. The van der Waals surface area contributed by atoms with Gasteiger partial charge in [-0.1, -0.05) is 48.5 Å². The third-order valence-corrected chi connectivity index (χ3v) is 6.16. The van der Waals surface area contributed by atoms with Crippen molar-refractivity contribution in [3.05, 3.63) is 66.2 Å². The third kappa shape index (κ3) is 5.52. The van der Waals surface area contributed by atoms with Crippen molar-refractivity contribution in [2.45, 2.75) is 41.8 Å². The summed E-state index contributed by atoms with van der Waals surface area (Å²) in [6.45, 7) is 0. The van der Waals surface area contributed by atoms with Crippen LogP contribution in [0.3, 0.4) is 0 Å². The standard InChI is InChI=1S/C22H24Cl2N2O4/c23-16-12-15(19(27)18(24)20(16)28)21(29)26-17(11-13-7-3-1-4-8-13)22(30)25-14-9-5-2-6-10-14/h1-10,15-20,27-28H,11-12H2,(H,25,30)(H,26,29)/t15?,16?,17-,18?,19?,20?/m1/s1. The first-order valence-corrected chi connectivity index (χ1v) is 10.6. The molecular formula is C22H24Cl2N2O4. The molecule has 0 bridgehead atoms. The lowest BCUT2D eigenvalue weighted by Gasteiger charge is -2.37. The molecule has 2 aromatic carbocycles. The van der Waals surface area contributed by atoms with Crippen molar-refractivity contribution in [1.82, 2.24) is 5.32 Å². The predicted molar refractivity (Wildman–Crippen MR) is 117 cm³/mol. The van der Waals surface area contributed by atoms with E-state index >= 15 is 0 Å². The Hall–Kier alpha value is -2.12. The molecule has 160 valence electrons. The Morgan fingerprint density at radius 3 is 2.20 bits per heavy atom. The zero-order valence-corrected chi connectivity index (χ0v) is 17.6. The molecule has 8 heteroatoms. The van der Waals surface area contributed by atoms with Crippen LogP contribution in [-0.4, -0.2) is 51.0 Å². The summed E-state index contributed by atoms with van der Waals surface area (Å²) >= 11 is 12.1. The molecule has 1 fully saturated rings. The summed E-state index contributed by atoms with van der Waals surface area (Å²) in [5.41, 5.74) is 1.48. The maximum absolute atomic E-state index is 12.9. The average molecular weight is 451 g/mol. The number of amides is 2. The van der Waals surface area contributed by atoms with Gasteiger partial charge in [-0.05, 0) is 24.1 Å². The zero-order chi connectivity index (χ0) is 21.7. The number of halogens is 2. The van der Waals surface area contributed by atoms with Gasteiger partial charge in [-0.25, -0.2) is 0 Å². The number of rotatable bonds is 6. The largest absolute Gasteiger partial charge is 0.391 e. The molecule has 1 saturated carbocycles. The summed E-state index contributed by atoms with van der Waals surface area (Å²) in [6, 6.07) is 17.4. The number of hydrogen-bond donors (Lipinski definition) is 4. The molecule has 4 N–H and O–H groups in total. The second kappa shape index (κ2) is 10.3. The summed E-state index contributed by atoms with van der Waals surface area (Å²) in [7, 11) is 0. The molecule has 5 unspecified atom stereocenters. The summed E-state index contributed by atoms with van der Waals surface area (Å²) in [5.74, 6) is -1.84. The van der Waals surface area contributed by atoms with Gasteiger partial charge in [-0.3, -0.25) is 9.59 Å². The lowest BCUT2D eigenvalue weighted by Crippen LogP contribution is -2.56. The highest BCUT2D eigenvalue weighted by Gasteiger charge is 2.45. The summed E-state index contributed by atoms with van der Waals surface area (Å²) in [6.07, 6.45) is -2.07. The molecule has 0 saturated heterocycles. The first-order valence-electron chi connectivity index (χ1n) is 9.71. The van der Waals surface area contributed by atoms with Crippen molar-refractivity contribution in [3.63, 3.8) is 0 Å². The van der Waals surface area contributed by atoms with E-state index in [0.29, 0.717) is 5.69 Å². The second-order valence-electron chi connectivity index (χ2n) is 7.39. The van der Waals surface area contributed by atoms with Gasteiger partial charge < -0.3 is 20.8 Å². The normalized spacial score (nSPS) is 27.1. The Balaban J connectivity index is 1.75. The van der Waals surface area contributed by atoms with Crippen molar-refractivity contribution in [2.24, 2.45) is 5.92 Å². The van der Waals surface area contributed by atoms with Crippen molar-refractivity contribution >= 4 is 40.7 Å². The third-order valence-electron chi connectivity index (χ3n) is 5.21. The number of carbonyl (C=O) groups is 2. The van der Waals surface area contributed by atoms with E-state index in [1.165, 1.54) is 0 Å². The van der Waals surface area contributed by atoms with Crippen LogP contribution in [0.1, 0.15) is 12.0 Å². The molecular weight excluding hydrogens is 427 g/mol. The van der Waals surface area contributed by atoms with Crippen LogP contribution in [0.25, 0.3) is 0 Å². The molecule has 0 radical (unpaired) electrons. The molecule has 30 heavy (non-hydrogen) atoms. The van der Waals surface area contributed by atoms with E-state index in [0.717, 1.165) is 5.56 Å².